The smallest absolute Gasteiger partial charge is 0.462 e. The van der Waals surface area contributed by atoms with Gasteiger partial charge in [-0.3, -0.25) is 37.3 Å². The molecule has 0 saturated heterocycles. The highest BCUT2D eigenvalue weighted by Crippen LogP contribution is 2.45. The fourth-order valence-electron chi connectivity index (χ4n) is 10.5. The molecule has 0 heterocycles. The molecule has 0 aliphatic carbocycles. The van der Waals surface area contributed by atoms with Crippen LogP contribution in [0, 0.1) is 17.8 Å². The Hall–Kier alpha value is -2.46. The molecule has 0 aromatic carbocycles. The van der Waals surface area contributed by atoms with Crippen molar-refractivity contribution in [2.45, 2.75) is 362 Å². The first-order valence-electron chi connectivity index (χ1n) is 37.2. The van der Waals surface area contributed by atoms with Crippen molar-refractivity contribution < 1.29 is 80.2 Å². The van der Waals surface area contributed by atoms with E-state index in [2.05, 4.69) is 72.8 Å². The molecule has 0 bridgehead atoms. The minimum atomic E-state index is -4.96. The Bertz CT molecular complexity index is 1900. The maximum Gasteiger partial charge on any atom is 0.472 e. The number of phosphoric ester groups is 2. The third-order valence-electron chi connectivity index (χ3n) is 16.6. The first-order valence-corrected chi connectivity index (χ1v) is 40.2. The van der Waals surface area contributed by atoms with Crippen LogP contribution in [-0.4, -0.2) is 96.7 Å². The molecule has 0 rings (SSSR count). The third-order valence-corrected chi connectivity index (χ3v) is 18.5. The summed E-state index contributed by atoms with van der Waals surface area (Å²) in [6, 6.07) is 0. The van der Waals surface area contributed by atoms with E-state index in [0.29, 0.717) is 25.7 Å². The van der Waals surface area contributed by atoms with Gasteiger partial charge in [0.2, 0.25) is 0 Å². The summed E-state index contributed by atoms with van der Waals surface area (Å²) in [6.07, 6.45) is 50.7. The minimum Gasteiger partial charge on any atom is -0.462 e. The molecule has 6 atom stereocenters. The molecule has 19 heteroatoms. The molecule has 4 unspecified atom stereocenters. The topological polar surface area (TPSA) is 237 Å². The summed E-state index contributed by atoms with van der Waals surface area (Å²) in [5, 5.41) is 10.6. The molecular weight excluding hydrogens is 1210 g/mol. The predicted octanol–water partition coefficient (Wildman–Crippen LogP) is 20.6. The van der Waals surface area contributed by atoms with Gasteiger partial charge in [0.15, 0.2) is 12.2 Å². The second-order valence-electron chi connectivity index (χ2n) is 26.8. The highest BCUT2D eigenvalue weighted by atomic mass is 31.2. The zero-order chi connectivity index (χ0) is 68.0. The Labute approximate surface area is 561 Å². The maximum absolute atomic E-state index is 13.0. The number of aliphatic hydroxyl groups is 1. The quantitative estimate of drug-likeness (QED) is 0.0169. The van der Waals surface area contributed by atoms with Gasteiger partial charge >= 0.3 is 39.5 Å². The van der Waals surface area contributed by atoms with Crippen molar-refractivity contribution in [2.75, 3.05) is 39.6 Å². The second kappa shape index (κ2) is 63.3. The van der Waals surface area contributed by atoms with E-state index in [0.717, 1.165) is 127 Å². The average Bonchev–Trinajstić information content (AvgIpc) is 1.71. The van der Waals surface area contributed by atoms with Crippen LogP contribution in [0.25, 0.3) is 0 Å². The summed E-state index contributed by atoms with van der Waals surface area (Å²) in [5.74, 6) is 0.106. The van der Waals surface area contributed by atoms with Crippen molar-refractivity contribution in [3.63, 3.8) is 0 Å². The molecule has 92 heavy (non-hydrogen) atoms. The zero-order valence-electron chi connectivity index (χ0n) is 59.5. The maximum atomic E-state index is 13.0. The van der Waals surface area contributed by atoms with Crippen LogP contribution < -0.4 is 0 Å². The highest BCUT2D eigenvalue weighted by Gasteiger charge is 2.30. The lowest BCUT2D eigenvalue weighted by Gasteiger charge is -2.21. The molecule has 0 saturated carbocycles. The Morgan fingerprint density at radius 2 is 0.641 bits per heavy atom. The number of rotatable bonds is 69. The number of hydrogen-bond acceptors (Lipinski definition) is 15. The van der Waals surface area contributed by atoms with Gasteiger partial charge in [0, 0.05) is 25.7 Å². The molecule has 0 aliphatic rings. The number of hydrogen-bond donors (Lipinski definition) is 3. The van der Waals surface area contributed by atoms with Gasteiger partial charge in [-0.05, 0) is 69.1 Å². The largest absolute Gasteiger partial charge is 0.472 e. The molecule has 3 N–H and O–H groups in total. The van der Waals surface area contributed by atoms with Crippen molar-refractivity contribution in [1.29, 1.82) is 0 Å². The molecule has 0 spiro atoms. The normalized spacial score (nSPS) is 14.6. The van der Waals surface area contributed by atoms with Gasteiger partial charge < -0.3 is 33.8 Å². The molecular formula is C73H138O17P2. The van der Waals surface area contributed by atoms with Gasteiger partial charge in [-0.15, -0.1) is 0 Å². The summed E-state index contributed by atoms with van der Waals surface area (Å²) >= 11 is 0. The lowest BCUT2D eigenvalue weighted by Crippen LogP contribution is -2.30. The molecule has 0 aromatic heterocycles. The fraction of sp³-hybridized carbons (Fsp3) is 0.890. The minimum absolute atomic E-state index is 0.0989. The average molecular weight is 1350 g/mol. The van der Waals surface area contributed by atoms with Crippen molar-refractivity contribution in [1.82, 2.24) is 0 Å². The Balaban J connectivity index is 5.30. The zero-order valence-corrected chi connectivity index (χ0v) is 61.3. The van der Waals surface area contributed by atoms with Gasteiger partial charge in [-0.25, -0.2) is 9.13 Å². The number of carbonyl (C=O) groups is 4. The van der Waals surface area contributed by atoms with E-state index < -0.39 is 97.5 Å². The Morgan fingerprint density at radius 3 is 0.967 bits per heavy atom. The summed E-state index contributed by atoms with van der Waals surface area (Å²) in [6.45, 7) is 11.8. The molecule has 17 nitrogen and oxygen atoms in total. The van der Waals surface area contributed by atoms with E-state index in [1.807, 2.05) is 0 Å². The van der Waals surface area contributed by atoms with Crippen LogP contribution in [0.2, 0.25) is 0 Å². The van der Waals surface area contributed by atoms with Gasteiger partial charge in [-0.2, -0.15) is 0 Å². The standard InChI is InChI=1S/C73H138O17P2/c1-8-10-11-12-13-14-15-16-17-18-19-25-33-40-47-54-70(75)83-60-68(89-72(77)56-49-42-35-26-21-20-24-32-39-46-53-66(7)9-2)62-87-91(79,80)85-58-67(74)59-86-92(81,82)88-63-69(61-84-71(76)55-48-41-34-29-28-31-38-45-52-65(5)6)90-73(78)57-50-43-36-27-22-23-30-37-44-51-64(3)4/h14-17,64-69,74H,8-13,18-63H2,1-7H3,(H,79,80)(H,81,82)/b15-14-,17-16-/t66?,67?,68-,69-/m1/s1. The van der Waals surface area contributed by atoms with Crippen molar-refractivity contribution in [3.8, 4) is 0 Å². The SMILES string of the molecule is CCCCCC/C=C\C=C/CCCCCCCC(=O)OC[C@H](COP(=O)(O)OCC(O)COP(=O)(O)OC[C@@H](COC(=O)CCCCCCCCCCC(C)C)OC(=O)CCCCCCCCCCCC(C)C)OC(=O)CCCCCCCCCCCCC(C)CC. The van der Waals surface area contributed by atoms with Crippen molar-refractivity contribution in [2.24, 2.45) is 17.8 Å². The first-order chi connectivity index (χ1) is 44.3. The van der Waals surface area contributed by atoms with Crippen LogP contribution >= 0.6 is 15.6 Å². The van der Waals surface area contributed by atoms with Crippen LogP contribution in [0.1, 0.15) is 344 Å². The van der Waals surface area contributed by atoms with Gasteiger partial charge in [0.05, 0.1) is 26.4 Å². The van der Waals surface area contributed by atoms with E-state index in [-0.39, 0.29) is 25.7 Å². The van der Waals surface area contributed by atoms with E-state index in [9.17, 15) is 43.2 Å². The molecule has 542 valence electrons. The van der Waals surface area contributed by atoms with Gasteiger partial charge in [0.25, 0.3) is 0 Å². The lowest BCUT2D eigenvalue weighted by molar-refractivity contribution is -0.161. The number of phosphoric acid groups is 2. The van der Waals surface area contributed by atoms with Crippen LogP contribution in [0.4, 0.5) is 0 Å². The third kappa shape index (κ3) is 64.9. The van der Waals surface area contributed by atoms with Crippen LogP contribution in [0.5, 0.6) is 0 Å². The van der Waals surface area contributed by atoms with Crippen molar-refractivity contribution >= 4 is 39.5 Å². The molecule has 0 amide bonds. The molecule has 0 aliphatic heterocycles. The first kappa shape index (κ1) is 89.5. The summed E-state index contributed by atoms with van der Waals surface area (Å²) in [5.41, 5.74) is 0. The summed E-state index contributed by atoms with van der Waals surface area (Å²) in [4.78, 5) is 72.7. The number of esters is 4. The Kier molecular flexibility index (Phi) is 61.6. The number of carbonyl (C=O) groups excluding carboxylic acids is 4. The Morgan fingerprint density at radius 1 is 0.359 bits per heavy atom. The highest BCUT2D eigenvalue weighted by molar-refractivity contribution is 7.47. The second-order valence-corrected chi connectivity index (χ2v) is 29.7. The summed E-state index contributed by atoms with van der Waals surface area (Å²) < 4.78 is 68.4. The van der Waals surface area contributed by atoms with Gasteiger partial charge in [-0.1, -0.05) is 291 Å². The van der Waals surface area contributed by atoms with E-state index >= 15 is 0 Å². The number of aliphatic hydroxyl groups excluding tert-OH is 1. The lowest BCUT2D eigenvalue weighted by atomic mass is 9.99. The van der Waals surface area contributed by atoms with Gasteiger partial charge in [0.1, 0.15) is 19.3 Å². The number of ether oxygens (including phenoxy) is 4. The van der Waals surface area contributed by atoms with E-state index in [4.69, 9.17) is 37.0 Å². The van der Waals surface area contributed by atoms with E-state index in [1.54, 1.807) is 0 Å². The monoisotopic (exact) mass is 1350 g/mol. The molecule has 0 radical (unpaired) electrons. The molecule has 0 aromatic rings. The summed E-state index contributed by atoms with van der Waals surface area (Å²) in [7, 11) is -9.92. The number of allylic oxidation sites excluding steroid dienone is 4. The molecule has 0 fully saturated rings. The predicted molar refractivity (Wildman–Crippen MR) is 372 cm³/mol. The number of unbranched alkanes of at least 4 members (excludes halogenated alkanes) is 33. The van der Waals surface area contributed by atoms with Crippen LogP contribution in [0.3, 0.4) is 0 Å². The fourth-order valence-corrected chi connectivity index (χ4v) is 12.1. The van der Waals surface area contributed by atoms with Crippen LogP contribution in [-0.2, 0) is 65.4 Å². The van der Waals surface area contributed by atoms with E-state index in [1.165, 1.54) is 135 Å². The van der Waals surface area contributed by atoms with Crippen LogP contribution in [0.15, 0.2) is 24.3 Å². The van der Waals surface area contributed by atoms with Crippen molar-refractivity contribution in [3.05, 3.63) is 24.3 Å².